The van der Waals surface area contributed by atoms with Crippen molar-refractivity contribution in [3.05, 3.63) is 62.9 Å². The maximum atomic E-state index is 12.5. The quantitative estimate of drug-likeness (QED) is 0.746. The molecule has 0 aliphatic heterocycles. The van der Waals surface area contributed by atoms with Crippen LogP contribution in [-0.2, 0) is 6.54 Å². The van der Waals surface area contributed by atoms with E-state index in [1.54, 1.807) is 0 Å². The molecule has 0 unspecified atom stereocenters. The molecular formula is C19H20N4O2S. The fourth-order valence-corrected chi connectivity index (χ4v) is 3.36. The molecule has 0 atom stereocenters. The van der Waals surface area contributed by atoms with E-state index in [9.17, 15) is 9.59 Å². The molecule has 134 valence electrons. The fourth-order valence-electron chi connectivity index (χ4n) is 2.53. The van der Waals surface area contributed by atoms with E-state index in [-0.39, 0.29) is 17.2 Å². The number of nitrogens with one attached hydrogen (secondary N) is 1. The summed E-state index contributed by atoms with van der Waals surface area (Å²) in [7, 11) is 0. The van der Waals surface area contributed by atoms with Crippen molar-refractivity contribution in [2.24, 2.45) is 0 Å². The molecular weight excluding hydrogens is 348 g/mol. The summed E-state index contributed by atoms with van der Waals surface area (Å²) < 4.78 is 1.31. The normalized spacial score (nSPS) is 10.7. The maximum absolute atomic E-state index is 12.5. The molecule has 0 aliphatic rings. The van der Waals surface area contributed by atoms with Crippen LogP contribution in [0.5, 0.6) is 0 Å². The predicted molar refractivity (Wildman–Crippen MR) is 104 cm³/mol. The number of benzene rings is 1. The predicted octanol–water partition coefficient (Wildman–Crippen LogP) is 3.65. The zero-order valence-corrected chi connectivity index (χ0v) is 15.8. The standard InChI is InChI=1S/C19H20N4O2S/c1-4-11-23-16(24)10-9-15(22-23)18(25)21-19-20-17(13(3)26-19)14-7-5-12(2)6-8-14/h5-10H,4,11H2,1-3H3,(H,20,21,25). The molecule has 1 N–H and O–H groups in total. The molecule has 2 aromatic heterocycles. The van der Waals surface area contributed by atoms with Crippen LogP contribution in [-0.4, -0.2) is 20.7 Å². The number of anilines is 1. The summed E-state index contributed by atoms with van der Waals surface area (Å²) in [6.45, 7) is 6.44. The second-order valence-electron chi connectivity index (χ2n) is 6.02. The van der Waals surface area contributed by atoms with Crippen molar-refractivity contribution in [2.45, 2.75) is 33.7 Å². The molecule has 0 spiro atoms. The Morgan fingerprint density at radius 3 is 2.58 bits per heavy atom. The summed E-state index contributed by atoms with van der Waals surface area (Å²) in [5.41, 5.74) is 3.04. The highest BCUT2D eigenvalue weighted by molar-refractivity contribution is 7.16. The number of thiazole rings is 1. The van der Waals surface area contributed by atoms with Gasteiger partial charge in [0.1, 0.15) is 5.69 Å². The van der Waals surface area contributed by atoms with Crippen LogP contribution in [0.4, 0.5) is 5.13 Å². The molecule has 7 heteroatoms. The summed E-state index contributed by atoms with van der Waals surface area (Å²) in [5, 5.41) is 7.42. The molecule has 3 rings (SSSR count). The first-order valence-corrected chi connectivity index (χ1v) is 9.23. The first kappa shape index (κ1) is 18.0. The zero-order valence-electron chi connectivity index (χ0n) is 14.9. The van der Waals surface area contributed by atoms with Crippen molar-refractivity contribution >= 4 is 22.4 Å². The van der Waals surface area contributed by atoms with Crippen molar-refractivity contribution in [1.82, 2.24) is 14.8 Å². The van der Waals surface area contributed by atoms with Gasteiger partial charge in [-0.15, -0.1) is 11.3 Å². The lowest BCUT2D eigenvalue weighted by atomic mass is 10.1. The van der Waals surface area contributed by atoms with E-state index in [1.165, 1.54) is 33.7 Å². The largest absolute Gasteiger partial charge is 0.296 e. The summed E-state index contributed by atoms with van der Waals surface area (Å²) in [5.74, 6) is -0.376. The van der Waals surface area contributed by atoms with Crippen LogP contribution >= 0.6 is 11.3 Å². The van der Waals surface area contributed by atoms with Crippen LogP contribution in [0, 0.1) is 13.8 Å². The first-order chi connectivity index (χ1) is 12.5. The third-order valence-corrected chi connectivity index (χ3v) is 4.76. The number of aromatic nitrogens is 3. The zero-order chi connectivity index (χ0) is 18.7. The Hall–Kier alpha value is -2.80. The molecule has 26 heavy (non-hydrogen) atoms. The lowest BCUT2D eigenvalue weighted by Gasteiger charge is -2.05. The highest BCUT2D eigenvalue weighted by atomic mass is 32.1. The molecule has 3 aromatic rings. The number of carbonyl (C=O) groups is 1. The second kappa shape index (κ2) is 7.61. The number of nitrogens with zero attached hydrogens (tertiary/aromatic N) is 3. The Morgan fingerprint density at radius 1 is 1.15 bits per heavy atom. The lowest BCUT2D eigenvalue weighted by molar-refractivity contribution is 0.101. The average Bonchev–Trinajstić information content (AvgIpc) is 2.98. The number of aryl methyl sites for hydroxylation is 3. The molecule has 6 nitrogen and oxygen atoms in total. The van der Waals surface area contributed by atoms with Crippen LogP contribution in [0.1, 0.15) is 34.3 Å². The molecule has 0 radical (unpaired) electrons. The number of rotatable bonds is 5. The summed E-state index contributed by atoms with van der Waals surface area (Å²) in [4.78, 5) is 29.8. The Kier molecular flexibility index (Phi) is 5.27. The van der Waals surface area contributed by atoms with Gasteiger partial charge in [-0.1, -0.05) is 36.8 Å². The van der Waals surface area contributed by atoms with Gasteiger partial charge in [0.05, 0.1) is 5.69 Å². The van der Waals surface area contributed by atoms with E-state index >= 15 is 0 Å². The highest BCUT2D eigenvalue weighted by Crippen LogP contribution is 2.30. The molecule has 0 bridgehead atoms. The van der Waals surface area contributed by atoms with Crippen LogP contribution in [0.25, 0.3) is 11.3 Å². The monoisotopic (exact) mass is 368 g/mol. The first-order valence-electron chi connectivity index (χ1n) is 8.42. The van der Waals surface area contributed by atoms with Gasteiger partial charge in [0.15, 0.2) is 5.13 Å². The molecule has 1 amide bonds. The van der Waals surface area contributed by atoms with E-state index < -0.39 is 0 Å². The maximum Gasteiger partial charge on any atom is 0.277 e. The van der Waals surface area contributed by atoms with Gasteiger partial charge in [-0.05, 0) is 26.3 Å². The SMILES string of the molecule is CCCn1nc(C(=O)Nc2nc(-c3ccc(C)cc3)c(C)s2)ccc1=O. The average molecular weight is 368 g/mol. The van der Waals surface area contributed by atoms with E-state index in [0.29, 0.717) is 11.7 Å². The minimum atomic E-state index is -0.376. The van der Waals surface area contributed by atoms with E-state index in [0.717, 1.165) is 22.6 Å². The molecule has 0 fully saturated rings. The van der Waals surface area contributed by atoms with Crippen molar-refractivity contribution in [3.63, 3.8) is 0 Å². The summed E-state index contributed by atoms with van der Waals surface area (Å²) >= 11 is 1.41. The number of carbonyl (C=O) groups excluding carboxylic acids is 1. The number of amides is 1. The number of hydrogen-bond donors (Lipinski definition) is 1. The molecule has 0 saturated heterocycles. The Morgan fingerprint density at radius 2 is 1.88 bits per heavy atom. The Bertz CT molecular complexity index is 990. The Labute approximate surface area is 155 Å². The minimum Gasteiger partial charge on any atom is -0.296 e. The van der Waals surface area contributed by atoms with Gasteiger partial charge in [0.2, 0.25) is 0 Å². The van der Waals surface area contributed by atoms with Gasteiger partial charge in [-0.3, -0.25) is 14.9 Å². The topological polar surface area (TPSA) is 76.9 Å². The van der Waals surface area contributed by atoms with E-state index in [2.05, 4.69) is 15.4 Å². The smallest absolute Gasteiger partial charge is 0.277 e. The van der Waals surface area contributed by atoms with Crippen LogP contribution in [0.3, 0.4) is 0 Å². The van der Waals surface area contributed by atoms with Crippen LogP contribution < -0.4 is 10.9 Å². The molecule has 0 saturated carbocycles. The molecule has 0 aliphatic carbocycles. The Balaban J connectivity index is 1.82. The van der Waals surface area contributed by atoms with Gasteiger partial charge in [-0.2, -0.15) is 5.10 Å². The lowest BCUT2D eigenvalue weighted by Crippen LogP contribution is -2.26. The van der Waals surface area contributed by atoms with Crippen LogP contribution in [0.2, 0.25) is 0 Å². The minimum absolute atomic E-state index is 0.197. The van der Waals surface area contributed by atoms with Crippen molar-refractivity contribution in [1.29, 1.82) is 0 Å². The number of hydrogen-bond acceptors (Lipinski definition) is 5. The van der Waals surface area contributed by atoms with E-state index in [4.69, 9.17) is 0 Å². The van der Waals surface area contributed by atoms with Crippen LogP contribution in [0.15, 0.2) is 41.2 Å². The molecule has 1 aromatic carbocycles. The third-order valence-electron chi connectivity index (χ3n) is 3.88. The van der Waals surface area contributed by atoms with Gasteiger partial charge in [0, 0.05) is 23.1 Å². The summed E-state index contributed by atoms with van der Waals surface area (Å²) in [6, 6.07) is 10.9. The van der Waals surface area contributed by atoms with Crippen molar-refractivity contribution in [2.75, 3.05) is 5.32 Å². The van der Waals surface area contributed by atoms with Gasteiger partial charge in [0.25, 0.3) is 11.5 Å². The van der Waals surface area contributed by atoms with Gasteiger partial charge < -0.3 is 0 Å². The fraction of sp³-hybridized carbons (Fsp3) is 0.263. The third kappa shape index (κ3) is 3.88. The van der Waals surface area contributed by atoms with Crippen molar-refractivity contribution in [3.8, 4) is 11.3 Å². The van der Waals surface area contributed by atoms with Gasteiger partial charge in [-0.25, -0.2) is 9.67 Å². The highest BCUT2D eigenvalue weighted by Gasteiger charge is 2.15. The summed E-state index contributed by atoms with van der Waals surface area (Å²) in [6.07, 6.45) is 0.767. The van der Waals surface area contributed by atoms with E-state index in [1.807, 2.05) is 45.0 Å². The molecule has 2 heterocycles. The van der Waals surface area contributed by atoms with Gasteiger partial charge >= 0.3 is 0 Å². The van der Waals surface area contributed by atoms with Crippen molar-refractivity contribution < 1.29 is 4.79 Å². The second-order valence-corrected chi connectivity index (χ2v) is 7.23.